The fourth-order valence-electron chi connectivity index (χ4n) is 1.87. The molecule has 0 saturated carbocycles. The van der Waals surface area contributed by atoms with Crippen molar-refractivity contribution in [3.05, 3.63) is 33.4 Å². The molecule has 2 rings (SSSR count). The first kappa shape index (κ1) is 14.6. The molecule has 1 aliphatic heterocycles. The van der Waals surface area contributed by atoms with Crippen LogP contribution in [0.25, 0.3) is 0 Å². The molecule has 1 heterocycles. The molecular formula is C13H18INO2S. The van der Waals surface area contributed by atoms with Gasteiger partial charge in [-0.15, -0.1) is 0 Å². The van der Waals surface area contributed by atoms with Gasteiger partial charge in [0.1, 0.15) is 0 Å². The number of aliphatic hydroxyl groups is 1. The summed E-state index contributed by atoms with van der Waals surface area (Å²) in [4.78, 5) is 2.39. The van der Waals surface area contributed by atoms with Crippen LogP contribution < -0.4 is 0 Å². The number of rotatable bonds is 5. The number of halogens is 1. The van der Waals surface area contributed by atoms with E-state index >= 15 is 0 Å². The van der Waals surface area contributed by atoms with Crippen molar-refractivity contribution in [2.45, 2.75) is 6.29 Å². The first-order valence-electron chi connectivity index (χ1n) is 6.11. The summed E-state index contributed by atoms with van der Waals surface area (Å²) in [5.74, 6) is 2.42. The number of hydrogen-bond donors (Lipinski definition) is 1. The van der Waals surface area contributed by atoms with E-state index in [1.54, 1.807) is 0 Å². The quantitative estimate of drug-likeness (QED) is 0.629. The van der Waals surface area contributed by atoms with Crippen molar-refractivity contribution in [2.24, 2.45) is 0 Å². The van der Waals surface area contributed by atoms with Gasteiger partial charge in [0, 0.05) is 40.3 Å². The van der Waals surface area contributed by atoms with E-state index in [-0.39, 0.29) is 0 Å². The van der Waals surface area contributed by atoms with Crippen LogP contribution in [0, 0.1) is 3.57 Å². The molecule has 0 aromatic heterocycles. The molecule has 0 bridgehead atoms. The van der Waals surface area contributed by atoms with Crippen molar-refractivity contribution >= 4 is 34.4 Å². The first-order chi connectivity index (χ1) is 8.75. The first-order valence-corrected chi connectivity index (χ1v) is 8.34. The van der Waals surface area contributed by atoms with Crippen molar-refractivity contribution in [1.82, 2.24) is 4.90 Å². The second kappa shape index (κ2) is 7.69. The van der Waals surface area contributed by atoms with Crippen molar-refractivity contribution in [1.29, 1.82) is 0 Å². The Morgan fingerprint density at radius 2 is 2.17 bits per heavy atom. The van der Waals surface area contributed by atoms with Gasteiger partial charge < -0.3 is 9.84 Å². The van der Waals surface area contributed by atoms with Crippen molar-refractivity contribution < 1.29 is 9.84 Å². The average Bonchev–Trinajstić information content (AvgIpc) is 2.40. The number of benzene rings is 1. The Labute approximate surface area is 126 Å². The van der Waals surface area contributed by atoms with Crippen molar-refractivity contribution in [2.75, 3.05) is 37.7 Å². The summed E-state index contributed by atoms with van der Waals surface area (Å²) < 4.78 is 6.60. The summed E-state index contributed by atoms with van der Waals surface area (Å²) in [5.41, 5.74) is 0.830. The van der Waals surface area contributed by atoms with Gasteiger partial charge in [-0.2, -0.15) is 11.8 Å². The molecule has 1 aromatic rings. The van der Waals surface area contributed by atoms with Gasteiger partial charge in [0.05, 0.1) is 6.61 Å². The minimum Gasteiger partial charge on any atom is -0.364 e. The highest BCUT2D eigenvalue weighted by molar-refractivity contribution is 14.1. The molecule has 0 radical (unpaired) electrons. The molecule has 18 heavy (non-hydrogen) atoms. The van der Waals surface area contributed by atoms with Crippen LogP contribution >= 0.6 is 34.4 Å². The van der Waals surface area contributed by atoms with Gasteiger partial charge in [0.15, 0.2) is 6.29 Å². The highest BCUT2D eigenvalue weighted by Gasteiger charge is 2.12. The molecule has 0 aliphatic carbocycles. The Bertz CT molecular complexity index is 372. The highest BCUT2D eigenvalue weighted by Crippen LogP contribution is 2.17. The predicted octanol–water partition coefficient (Wildman–Crippen LogP) is 2.35. The topological polar surface area (TPSA) is 32.7 Å². The van der Waals surface area contributed by atoms with Gasteiger partial charge in [0.25, 0.3) is 0 Å². The summed E-state index contributed by atoms with van der Waals surface area (Å²) in [7, 11) is 0. The number of hydrogen-bond acceptors (Lipinski definition) is 4. The summed E-state index contributed by atoms with van der Waals surface area (Å²) in [5, 5.41) is 9.93. The van der Waals surface area contributed by atoms with E-state index in [1.165, 1.54) is 11.5 Å². The van der Waals surface area contributed by atoms with Gasteiger partial charge in [-0.1, -0.05) is 12.1 Å². The van der Waals surface area contributed by atoms with E-state index in [9.17, 15) is 5.11 Å². The molecule has 5 heteroatoms. The van der Waals surface area contributed by atoms with Gasteiger partial charge in [-0.25, -0.2) is 0 Å². The monoisotopic (exact) mass is 379 g/mol. The molecule has 1 atom stereocenters. The molecule has 3 nitrogen and oxygen atoms in total. The number of ether oxygens (including phenoxy) is 1. The molecule has 1 fully saturated rings. The Morgan fingerprint density at radius 3 is 2.89 bits per heavy atom. The molecule has 100 valence electrons. The summed E-state index contributed by atoms with van der Waals surface area (Å²) >= 11 is 4.24. The van der Waals surface area contributed by atoms with Crippen LogP contribution in [0.15, 0.2) is 24.3 Å². The van der Waals surface area contributed by atoms with E-state index < -0.39 is 6.29 Å². The maximum atomic E-state index is 9.93. The molecule has 0 amide bonds. The Balaban J connectivity index is 1.72. The maximum absolute atomic E-state index is 9.93. The Morgan fingerprint density at radius 1 is 1.39 bits per heavy atom. The lowest BCUT2D eigenvalue weighted by atomic mass is 10.2. The SMILES string of the molecule is OC(OCCN1CCSCC1)c1cccc(I)c1. The number of thioether (sulfide) groups is 1. The van der Waals surface area contributed by atoms with Gasteiger partial charge in [-0.05, 0) is 34.7 Å². The molecule has 1 saturated heterocycles. The third-order valence-electron chi connectivity index (χ3n) is 2.92. The van der Waals surface area contributed by atoms with Crippen LogP contribution in [0.5, 0.6) is 0 Å². The van der Waals surface area contributed by atoms with Gasteiger partial charge >= 0.3 is 0 Å². The van der Waals surface area contributed by atoms with E-state index in [4.69, 9.17) is 4.74 Å². The zero-order chi connectivity index (χ0) is 12.8. The van der Waals surface area contributed by atoms with Crippen molar-refractivity contribution in [3.8, 4) is 0 Å². The number of nitrogens with zero attached hydrogens (tertiary/aromatic N) is 1. The molecule has 0 spiro atoms. The predicted molar refractivity (Wildman–Crippen MR) is 83.8 cm³/mol. The summed E-state index contributed by atoms with van der Waals surface area (Å²) in [6, 6.07) is 7.78. The summed E-state index contributed by atoms with van der Waals surface area (Å²) in [6.45, 7) is 3.75. The standard InChI is InChI=1S/C13H18INO2S/c14-12-3-1-2-11(10-12)13(16)17-7-4-15-5-8-18-9-6-15/h1-3,10,13,16H,4-9H2. The Kier molecular flexibility index (Phi) is 6.23. The maximum Gasteiger partial charge on any atom is 0.181 e. The second-order valence-electron chi connectivity index (χ2n) is 4.23. The van der Waals surface area contributed by atoms with E-state index in [2.05, 4.69) is 27.5 Å². The van der Waals surface area contributed by atoms with E-state index in [0.29, 0.717) is 6.61 Å². The second-order valence-corrected chi connectivity index (χ2v) is 6.70. The zero-order valence-corrected chi connectivity index (χ0v) is 13.2. The summed E-state index contributed by atoms with van der Waals surface area (Å²) in [6.07, 6.45) is -0.807. The minimum absolute atomic E-state index is 0.581. The fraction of sp³-hybridized carbons (Fsp3) is 0.538. The molecule has 1 N–H and O–H groups in total. The minimum atomic E-state index is -0.807. The van der Waals surface area contributed by atoms with E-state index in [0.717, 1.165) is 28.8 Å². The van der Waals surface area contributed by atoms with Gasteiger partial charge in [-0.3, -0.25) is 4.90 Å². The molecule has 1 aromatic carbocycles. The lowest BCUT2D eigenvalue weighted by molar-refractivity contribution is -0.106. The largest absolute Gasteiger partial charge is 0.364 e. The lowest BCUT2D eigenvalue weighted by Crippen LogP contribution is -2.35. The third-order valence-corrected chi connectivity index (χ3v) is 4.53. The van der Waals surface area contributed by atoms with Crippen LogP contribution in [0.4, 0.5) is 0 Å². The van der Waals surface area contributed by atoms with Crippen LogP contribution in [-0.4, -0.2) is 47.8 Å². The van der Waals surface area contributed by atoms with Crippen LogP contribution in [0.3, 0.4) is 0 Å². The zero-order valence-electron chi connectivity index (χ0n) is 10.2. The number of aliphatic hydroxyl groups excluding tert-OH is 1. The van der Waals surface area contributed by atoms with Crippen LogP contribution in [0.2, 0.25) is 0 Å². The molecular weight excluding hydrogens is 361 g/mol. The third kappa shape index (κ3) is 4.70. The van der Waals surface area contributed by atoms with E-state index in [1.807, 2.05) is 36.0 Å². The van der Waals surface area contributed by atoms with Crippen LogP contribution in [-0.2, 0) is 4.74 Å². The highest BCUT2D eigenvalue weighted by atomic mass is 127. The van der Waals surface area contributed by atoms with Crippen LogP contribution in [0.1, 0.15) is 11.9 Å². The normalized spacial score (nSPS) is 18.8. The Hall–Kier alpha value is 0.180. The molecule has 1 unspecified atom stereocenters. The fourth-order valence-corrected chi connectivity index (χ4v) is 3.42. The smallest absolute Gasteiger partial charge is 0.181 e. The lowest BCUT2D eigenvalue weighted by Gasteiger charge is -2.26. The van der Waals surface area contributed by atoms with Crippen molar-refractivity contribution in [3.63, 3.8) is 0 Å². The van der Waals surface area contributed by atoms with Gasteiger partial charge in [0.2, 0.25) is 0 Å². The average molecular weight is 379 g/mol. The molecule has 1 aliphatic rings.